The highest BCUT2D eigenvalue weighted by Gasteiger charge is 1.95. The average Bonchev–Trinajstić information content (AvgIpc) is 2.15. The van der Waals surface area contributed by atoms with Crippen LogP contribution in [0.1, 0.15) is 12.5 Å². The molecule has 0 spiro atoms. The second kappa shape index (κ2) is 5.19. The molecular weight excluding hydrogens is 166 g/mol. The van der Waals surface area contributed by atoms with Crippen molar-refractivity contribution in [3.63, 3.8) is 0 Å². The third-order valence-electron chi connectivity index (χ3n) is 1.58. The highest BCUT2D eigenvalue weighted by molar-refractivity contribution is 5.62. The van der Waals surface area contributed by atoms with Gasteiger partial charge in [0.25, 0.3) is 0 Å². The highest BCUT2D eigenvalue weighted by Crippen LogP contribution is 2.14. The number of oxime groups is 1. The number of phenolic OH excluding ortho intramolecular Hbond substituents is 1. The molecule has 0 aliphatic heterocycles. The van der Waals surface area contributed by atoms with Crippen LogP contribution >= 0.6 is 0 Å². The third-order valence-corrected chi connectivity index (χ3v) is 1.58. The summed E-state index contributed by atoms with van der Waals surface area (Å²) in [4.78, 5) is 4.78. The van der Waals surface area contributed by atoms with E-state index in [-0.39, 0.29) is 0 Å². The van der Waals surface area contributed by atoms with E-state index in [2.05, 4.69) is 5.16 Å². The largest absolute Gasteiger partial charge is 0.508 e. The van der Waals surface area contributed by atoms with Gasteiger partial charge in [-0.15, -0.1) is 0 Å². The summed E-state index contributed by atoms with van der Waals surface area (Å²) in [5, 5.41) is 13.1. The maximum absolute atomic E-state index is 9.36. The molecule has 13 heavy (non-hydrogen) atoms. The Labute approximate surface area is 77.6 Å². The van der Waals surface area contributed by atoms with Gasteiger partial charge in [-0.25, -0.2) is 0 Å². The first-order valence-electron chi connectivity index (χ1n) is 4.25. The van der Waals surface area contributed by atoms with Crippen molar-refractivity contribution in [3.05, 3.63) is 29.8 Å². The minimum absolute atomic E-state index is 0.297. The quantitative estimate of drug-likeness (QED) is 0.567. The Hall–Kier alpha value is -1.51. The molecule has 1 aromatic carbocycles. The van der Waals surface area contributed by atoms with Gasteiger partial charge in [0.2, 0.25) is 0 Å². The summed E-state index contributed by atoms with van der Waals surface area (Å²) in [5.41, 5.74) is 0.853. The van der Waals surface area contributed by atoms with Crippen LogP contribution in [0.2, 0.25) is 0 Å². The molecule has 1 aromatic rings. The van der Waals surface area contributed by atoms with Crippen LogP contribution in [0.15, 0.2) is 29.4 Å². The highest BCUT2D eigenvalue weighted by atomic mass is 16.6. The Morgan fingerprint density at radius 3 is 2.92 bits per heavy atom. The number of phenols is 1. The summed E-state index contributed by atoms with van der Waals surface area (Å²) in [6.45, 7) is 2.44. The van der Waals surface area contributed by atoms with Crippen molar-refractivity contribution in [2.45, 2.75) is 13.3 Å². The van der Waals surface area contributed by atoms with Gasteiger partial charge in [-0.3, -0.25) is 0 Å². The second-order valence-corrected chi connectivity index (χ2v) is 2.54. The minimum Gasteiger partial charge on any atom is -0.508 e. The number of benzene rings is 1. The predicted octanol–water partition coefficient (Wildman–Crippen LogP) is 1.96. The molecule has 1 rings (SSSR count). The molecule has 1 N–H and O–H groups in total. The van der Waals surface area contributed by atoms with Crippen molar-refractivity contribution in [2.24, 2.45) is 5.16 Å². The molecule has 0 aliphatic carbocycles. The van der Waals surface area contributed by atoms with E-state index in [0.29, 0.717) is 18.8 Å². The summed E-state index contributed by atoms with van der Waals surface area (Å²) >= 11 is 0. The zero-order valence-corrected chi connectivity index (χ0v) is 7.60. The van der Waals surface area contributed by atoms with E-state index >= 15 is 0 Å². The topological polar surface area (TPSA) is 41.8 Å². The molecule has 0 saturated carbocycles. The molecule has 0 atom stereocenters. The Balaban J connectivity index is 2.49. The van der Waals surface area contributed by atoms with Gasteiger partial charge in [0, 0.05) is 12.6 Å². The lowest BCUT2D eigenvalue weighted by molar-refractivity contribution is 0.160. The van der Waals surface area contributed by atoms with Crippen molar-refractivity contribution in [1.82, 2.24) is 0 Å². The van der Waals surface area contributed by atoms with E-state index in [1.165, 1.54) is 0 Å². The zero-order chi connectivity index (χ0) is 9.52. The lowest BCUT2D eigenvalue weighted by Crippen LogP contribution is -1.88. The molecule has 0 unspecified atom stereocenters. The fourth-order valence-corrected chi connectivity index (χ4v) is 0.946. The van der Waals surface area contributed by atoms with Gasteiger partial charge < -0.3 is 9.94 Å². The molecule has 0 saturated heterocycles. The lowest BCUT2D eigenvalue weighted by Gasteiger charge is -1.98. The second-order valence-electron chi connectivity index (χ2n) is 2.54. The van der Waals surface area contributed by atoms with Crippen molar-refractivity contribution in [3.8, 4) is 5.75 Å². The third kappa shape index (κ3) is 3.15. The normalized spacial score (nSPS) is 10.5. The van der Waals surface area contributed by atoms with Crippen molar-refractivity contribution < 1.29 is 9.94 Å². The summed E-state index contributed by atoms with van der Waals surface area (Å²) in [5.74, 6) is 0.297. The molecule has 0 bridgehead atoms. The Bertz CT molecular complexity index is 284. The van der Waals surface area contributed by atoms with Gasteiger partial charge in [-0.2, -0.15) is 0 Å². The Morgan fingerprint density at radius 1 is 1.46 bits per heavy atom. The molecule has 0 amide bonds. The summed E-state index contributed by atoms with van der Waals surface area (Å²) < 4.78 is 0. The van der Waals surface area contributed by atoms with Crippen LogP contribution in [0.4, 0.5) is 0 Å². The summed E-state index contributed by atoms with van der Waals surface area (Å²) in [7, 11) is 0. The van der Waals surface area contributed by atoms with Crippen LogP contribution < -0.4 is 0 Å². The van der Waals surface area contributed by atoms with E-state index in [9.17, 15) is 5.11 Å². The first-order chi connectivity index (χ1) is 6.34. The van der Waals surface area contributed by atoms with Crippen LogP contribution in [0.3, 0.4) is 0 Å². The van der Waals surface area contributed by atoms with E-state index in [1.807, 2.05) is 19.1 Å². The Kier molecular flexibility index (Phi) is 3.82. The van der Waals surface area contributed by atoms with Gasteiger partial charge in [0.1, 0.15) is 12.4 Å². The first-order valence-corrected chi connectivity index (χ1v) is 4.25. The summed E-state index contributed by atoms with van der Waals surface area (Å²) in [6, 6.07) is 7.18. The van der Waals surface area contributed by atoms with Crippen LogP contribution in [0.25, 0.3) is 0 Å². The fraction of sp³-hybridized carbons (Fsp3) is 0.300. The maximum atomic E-state index is 9.36. The van der Waals surface area contributed by atoms with Crippen LogP contribution in [-0.2, 0) is 11.3 Å². The first kappa shape index (κ1) is 9.58. The number of rotatable bonds is 4. The maximum Gasteiger partial charge on any atom is 0.119 e. The van der Waals surface area contributed by atoms with Gasteiger partial charge in [0.05, 0.1) is 0 Å². The minimum atomic E-state index is 0.297. The molecular formula is C10H13NO2. The smallest absolute Gasteiger partial charge is 0.119 e. The monoisotopic (exact) mass is 179 g/mol. The van der Waals surface area contributed by atoms with Gasteiger partial charge in [-0.1, -0.05) is 23.4 Å². The van der Waals surface area contributed by atoms with Crippen LogP contribution in [0, 0.1) is 0 Å². The molecule has 0 heterocycles. The van der Waals surface area contributed by atoms with Crippen LogP contribution in [0.5, 0.6) is 5.75 Å². The molecule has 0 radical (unpaired) electrons. The number of nitrogens with zero attached hydrogens (tertiary/aromatic N) is 1. The van der Waals surface area contributed by atoms with Crippen molar-refractivity contribution >= 4 is 6.21 Å². The fourth-order valence-electron chi connectivity index (χ4n) is 0.946. The average molecular weight is 179 g/mol. The molecule has 0 aromatic heterocycles. The lowest BCUT2D eigenvalue weighted by atomic mass is 10.1. The molecule has 3 heteroatoms. The van der Waals surface area contributed by atoms with Gasteiger partial charge in [-0.05, 0) is 18.6 Å². The SMILES string of the molecule is CCON=CCc1ccccc1O. The van der Waals surface area contributed by atoms with E-state index in [4.69, 9.17) is 4.84 Å². The molecule has 70 valence electrons. The Morgan fingerprint density at radius 2 is 2.23 bits per heavy atom. The molecule has 0 aliphatic rings. The zero-order valence-electron chi connectivity index (χ0n) is 7.60. The number of hydrogen-bond acceptors (Lipinski definition) is 3. The van der Waals surface area contributed by atoms with Gasteiger partial charge in [0.15, 0.2) is 0 Å². The van der Waals surface area contributed by atoms with Crippen molar-refractivity contribution in [2.75, 3.05) is 6.61 Å². The molecule has 0 fully saturated rings. The number of aromatic hydroxyl groups is 1. The van der Waals surface area contributed by atoms with Gasteiger partial charge >= 0.3 is 0 Å². The summed E-state index contributed by atoms with van der Waals surface area (Å²) in [6.07, 6.45) is 2.23. The van der Waals surface area contributed by atoms with E-state index < -0.39 is 0 Å². The van der Waals surface area contributed by atoms with Crippen LogP contribution in [-0.4, -0.2) is 17.9 Å². The standard InChI is InChI=1S/C10H13NO2/c1-2-13-11-8-7-9-5-3-4-6-10(9)12/h3-6,8,12H,2,7H2,1H3. The van der Waals surface area contributed by atoms with Crippen molar-refractivity contribution in [1.29, 1.82) is 0 Å². The number of para-hydroxylation sites is 1. The van der Waals surface area contributed by atoms with E-state index in [0.717, 1.165) is 5.56 Å². The van der Waals surface area contributed by atoms with E-state index in [1.54, 1.807) is 18.3 Å². The number of hydrogen-bond donors (Lipinski definition) is 1. The molecule has 3 nitrogen and oxygen atoms in total. The predicted molar refractivity (Wildman–Crippen MR) is 51.9 cm³/mol.